The Hall–Kier alpha value is -1.04. The molecule has 0 saturated carbocycles. The van der Waals surface area contributed by atoms with Gasteiger partial charge in [0.25, 0.3) is 0 Å². The van der Waals surface area contributed by atoms with Crippen molar-refractivity contribution >= 4 is 29.4 Å². The van der Waals surface area contributed by atoms with Crippen molar-refractivity contribution in [3.63, 3.8) is 0 Å². The van der Waals surface area contributed by atoms with Crippen molar-refractivity contribution in [3.05, 3.63) is 0 Å². The van der Waals surface area contributed by atoms with Gasteiger partial charge in [0.2, 0.25) is 11.8 Å². The second kappa shape index (κ2) is 5.75. The molecule has 1 fully saturated rings. The second-order valence-electron chi connectivity index (χ2n) is 3.29. The van der Waals surface area contributed by atoms with Crippen LogP contribution in [-0.4, -0.2) is 35.7 Å². The van der Waals surface area contributed by atoms with Crippen LogP contribution in [0.2, 0.25) is 0 Å². The van der Waals surface area contributed by atoms with E-state index in [4.69, 9.17) is 5.73 Å². The summed E-state index contributed by atoms with van der Waals surface area (Å²) in [5.74, 6) is 1.11. The van der Waals surface area contributed by atoms with Crippen molar-refractivity contribution in [2.24, 2.45) is 10.7 Å². The Morgan fingerprint density at radius 1 is 1.67 bits per heavy atom. The SMILES string of the molecule is CN=C(N)CCCSC1CC(=O)NC1=O. The van der Waals surface area contributed by atoms with Gasteiger partial charge in [0.05, 0.1) is 11.1 Å². The molecule has 5 nitrogen and oxygen atoms in total. The molecule has 6 heteroatoms. The Bertz CT molecular complexity index is 291. The molecule has 0 aliphatic carbocycles. The van der Waals surface area contributed by atoms with Crippen molar-refractivity contribution in [3.8, 4) is 0 Å². The summed E-state index contributed by atoms with van der Waals surface area (Å²) >= 11 is 1.50. The molecule has 84 valence electrons. The van der Waals surface area contributed by atoms with Crippen LogP contribution in [0.5, 0.6) is 0 Å². The number of thioether (sulfide) groups is 1. The summed E-state index contributed by atoms with van der Waals surface area (Å²) < 4.78 is 0. The lowest BCUT2D eigenvalue weighted by atomic mass is 10.3. The molecule has 1 aliphatic heterocycles. The first-order valence-corrected chi connectivity index (χ1v) is 5.84. The topological polar surface area (TPSA) is 84.5 Å². The van der Waals surface area contributed by atoms with Crippen molar-refractivity contribution in [1.29, 1.82) is 0 Å². The van der Waals surface area contributed by atoms with Crippen molar-refractivity contribution < 1.29 is 9.59 Å². The van der Waals surface area contributed by atoms with Gasteiger partial charge in [-0.15, -0.1) is 11.8 Å². The third-order valence-corrected chi connectivity index (χ3v) is 3.42. The normalized spacial score (nSPS) is 21.9. The minimum atomic E-state index is -0.211. The van der Waals surface area contributed by atoms with Gasteiger partial charge in [-0.05, 0) is 12.2 Å². The van der Waals surface area contributed by atoms with E-state index in [2.05, 4.69) is 10.3 Å². The van der Waals surface area contributed by atoms with Gasteiger partial charge in [0.15, 0.2) is 0 Å². The number of nitrogens with two attached hydrogens (primary N) is 1. The van der Waals surface area contributed by atoms with Crippen molar-refractivity contribution in [2.45, 2.75) is 24.5 Å². The summed E-state index contributed by atoms with van der Waals surface area (Å²) in [4.78, 5) is 25.9. The Morgan fingerprint density at radius 3 is 2.93 bits per heavy atom. The zero-order chi connectivity index (χ0) is 11.3. The Morgan fingerprint density at radius 2 is 2.40 bits per heavy atom. The summed E-state index contributed by atoms with van der Waals surface area (Å²) in [6, 6.07) is 0. The number of carbonyl (C=O) groups is 2. The monoisotopic (exact) mass is 229 g/mol. The number of aliphatic imine (C=N–C) groups is 1. The van der Waals surface area contributed by atoms with Gasteiger partial charge in [-0.3, -0.25) is 19.9 Å². The van der Waals surface area contributed by atoms with Crippen LogP contribution in [-0.2, 0) is 9.59 Å². The number of rotatable bonds is 5. The van der Waals surface area contributed by atoms with Crippen LogP contribution in [0.25, 0.3) is 0 Å². The summed E-state index contributed by atoms with van der Waals surface area (Å²) in [6.07, 6.45) is 1.93. The van der Waals surface area contributed by atoms with E-state index in [1.807, 2.05) is 0 Å². The first kappa shape index (κ1) is 12.0. The van der Waals surface area contributed by atoms with E-state index >= 15 is 0 Å². The average Bonchev–Trinajstić information content (AvgIpc) is 2.52. The lowest BCUT2D eigenvalue weighted by Gasteiger charge is -2.04. The highest BCUT2D eigenvalue weighted by molar-refractivity contribution is 8.00. The van der Waals surface area contributed by atoms with Gasteiger partial charge in [-0.2, -0.15) is 0 Å². The van der Waals surface area contributed by atoms with E-state index < -0.39 is 0 Å². The van der Waals surface area contributed by atoms with Gasteiger partial charge in [-0.1, -0.05) is 0 Å². The fraction of sp³-hybridized carbons (Fsp3) is 0.667. The van der Waals surface area contributed by atoms with Gasteiger partial charge in [0.1, 0.15) is 0 Å². The maximum absolute atomic E-state index is 11.2. The van der Waals surface area contributed by atoms with Crippen LogP contribution in [0, 0.1) is 0 Å². The van der Waals surface area contributed by atoms with Crippen LogP contribution in [0.1, 0.15) is 19.3 Å². The minimum Gasteiger partial charge on any atom is -0.387 e. The van der Waals surface area contributed by atoms with Crippen LogP contribution < -0.4 is 11.1 Å². The molecule has 0 aromatic heterocycles. The lowest BCUT2D eigenvalue weighted by molar-refractivity contribution is -0.124. The van der Waals surface area contributed by atoms with E-state index in [-0.39, 0.29) is 17.1 Å². The van der Waals surface area contributed by atoms with Crippen molar-refractivity contribution in [1.82, 2.24) is 5.32 Å². The van der Waals surface area contributed by atoms with E-state index in [0.29, 0.717) is 12.3 Å². The third-order valence-electron chi connectivity index (χ3n) is 2.11. The zero-order valence-electron chi connectivity index (χ0n) is 8.66. The Labute approximate surface area is 92.9 Å². The Kier molecular flexibility index (Phi) is 4.61. The number of nitrogens with zero attached hydrogens (tertiary/aromatic N) is 1. The smallest absolute Gasteiger partial charge is 0.240 e. The molecule has 1 rings (SSSR count). The summed E-state index contributed by atoms with van der Waals surface area (Å²) in [6.45, 7) is 0. The highest BCUT2D eigenvalue weighted by atomic mass is 32.2. The van der Waals surface area contributed by atoms with E-state index in [1.54, 1.807) is 7.05 Å². The predicted molar refractivity (Wildman–Crippen MR) is 60.8 cm³/mol. The summed E-state index contributed by atoms with van der Waals surface area (Å²) in [5.41, 5.74) is 5.52. The molecule has 1 saturated heterocycles. The van der Waals surface area contributed by atoms with Gasteiger partial charge in [-0.25, -0.2) is 0 Å². The molecule has 2 amide bonds. The molecule has 0 bridgehead atoms. The molecule has 1 aliphatic rings. The molecule has 0 aromatic rings. The maximum Gasteiger partial charge on any atom is 0.240 e. The number of carbonyl (C=O) groups excluding carboxylic acids is 2. The molecule has 1 atom stereocenters. The zero-order valence-corrected chi connectivity index (χ0v) is 9.47. The molecule has 3 N–H and O–H groups in total. The van der Waals surface area contributed by atoms with Gasteiger partial charge in [0, 0.05) is 19.9 Å². The second-order valence-corrected chi connectivity index (χ2v) is 4.61. The molecule has 0 aromatic carbocycles. The fourth-order valence-corrected chi connectivity index (χ4v) is 2.33. The quantitative estimate of drug-likeness (QED) is 0.298. The maximum atomic E-state index is 11.2. The van der Waals surface area contributed by atoms with Gasteiger partial charge < -0.3 is 5.73 Å². The van der Waals surface area contributed by atoms with Crippen LogP contribution in [0.3, 0.4) is 0 Å². The molecule has 1 heterocycles. The number of imide groups is 1. The molecular weight excluding hydrogens is 214 g/mol. The highest BCUT2D eigenvalue weighted by Gasteiger charge is 2.30. The molecule has 15 heavy (non-hydrogen) atoms. The first-order valence-electron chi connectivity index (χ1n) is 4.80. The molecule has 0 radical (unpaired) electrons. The third kappa shape index (κ3) is 3.91. The standard InChI is InChI=1S/C9H15N3O2S/c1-11-7(10)3-2-4-15-6-5-8(13)12-9(6)14/h6H,2-5H2,1H3,(H2,10,11)(H,12,13,14). The number of amidine groups is 1. The highest BCUT2D eigenvalue weighted by Crippen LogP contribution is 2.20. The van der Waals surface area contributed by atoms with E-state index in [9.17, 15) is 9.59 Å². The summed E-state index contributed by atoms with van der Waals surface area (Å²) in [7, 11) is 1.66. The van der Waals surface area contributed by atoms with Gasteiger partial charge >= 0.3 is 0 Å². The molecule has 0 spiro atoms. The number of hydrogen-bond donors (Lipinski definition) is 2. The molecule has 1 unspecified atom stereocenters. The molecular formula is C9H15N3O2S. The predicted octanol–water partition coefficient (Wildman–Crippen LogP) is -0.0981. The van der Waals surface area contributed by atoms with Crippen molar-refractivity contribution in [2.75, 3.05) is 12.8 Å². The van der Waals surface area contributed by atoms with Crippen LogP contribution in [0.4, 0.5) is 0 Å². The summed E-state index contributed by atoms with van der Waals surface area (Å²) in [5, 5.41) is 2.07. The van der Waals surface area contributed by atoms with E-state index in [1.165, 1.54) is 11.8 Å². The first-order chi connectivity index (χ1) is 7.13. The van der Waals surface area contributed by atoms with Crippen LogP contribution >= 0.6 is 11.8 Å². The fourth-order valence-electron chi connectivity index (χ4n) is 1.26. The lowest BCUT2D eigenvalue weighted by Crippen LogP contribution is -2.23. The Balaban J connectivity index is 2.15. The average molecular weight is 229 g/mol. The number of amides is 2. The number of nitrogens with one attached hydrogen (secondary N) is 1. The van der Waals surface area contributed by atoms with Crippen LogP contribution in [0.15, 0.2) is 4.99 Å². The van der Waals surface area contributed by atoms with E-state index in [0.717, 1.165) is 18.6 Å². The largest absolute Gasteiger partial charge is 0.387 e. The number of hydrogen-bond acceptors (Lipinski definition) is 4. The minimum absolute atomic E-state index is 0.165.